The topological polar surface area (TPSA) is 52.5 Å². The monoisotopic (exact) mass is 125 g/mol. The van der Waals surface area contributed by atoms with Gasteiger partial charge in [0.25, 0.3) is 0 Å². The fourth-order valence-corrected chi connectivity index (χ4v) is 0.507. The molecule has 0 saturated heterocycles. The lowest BCUT2D eigenvalue weighted by Crippen LogP contribution is -1.84. The number of aromatic amines is 1. The van der Waals surface area contributed by atoms with Crippen LogP contribution < -0.4 is 0 Å². The molecule has 9 heavy (non-hydrogen) atoms. The second-order valence-electron chi connectivity index (χ2n) is 1.51. The van der Waals surface area contributed by atoms with Crippen LogP contribution in [0.3, 0.4) is 0 Å². The van der Waals surface area contributed by atoms with E-state index in [4.69, 9.17) is 5.26 Å². The van der Waals surface area contributed by atoms with Crippen molar-refractivity contribution in [2.75, 3.05) is 0 Å². The highest BCUT2D eigenvalue weighted by atomic mass is 19.1. The SMILES string of the molecule is N#CCc1[nH]cnc1F. The van der Waals surface area contributed by atoms with Crippen LogP contribution in [0, 0.1) is 17.3 Å². The van der Waals surface area contributed by atoms with Gasteiger partial charge in [0.2, 0.25) is 5.95 Å². The van der Waals surface area contributed by atoms with Crippen molar-refractivity contribution < 1.29 is 4.39 Å². The van der Waals surface area contributed by atoms with Gasteiger partial charge >= 0.3 is 0 Å². The van der Waals surface area contributed by atoms with E-state index in [1.165, 1.54) is 6.33 Å². The molecule has 0 aromatic carbocycles. The summed E-state index contributed by atoms with van der Waals surface area (Å²) in [6.45, 7) is 0. The summed E-state index contributed by atoms with van der Waals surface area (Å²) in [5, 5.41) is 8.10. The quantitative estimate of drug-likeness (QED) is 0.598. The van der Waals surface area contributed by atoms with Gasteiger partial charge in [0.05, 0.1) is 24.5 Å². The van der Waals surface area contributed by atoms with Gasteiger partial charge in [0, 0.05) is 0 Å². The number of hydrogen-bond donors (Lipinski definition) is 1. The number of aromatic nitrogens is 2. The van der Waals surface area contributed by atoms with Crippen LogP contribution in [0.15, 0.2) is 6.33 Å². The normalized spacial score (nSPS) is 8.89. The Morgan fingerprint density at radius 2 is 2.67 bits per heavy atom. The lowest BCUT2D eigenvalue weighted by atomic mass is 10.4. The smallest absolute Gasteiger partial charge is 0.234 e. The molecule has 4 heteroatoms. The zero-order valence-electron chi connectivity index (χ0n) is 4.56. The number of halogens is 1. The van der Waals surface area contributed by atoms with E-state index in [2.05, 4.69) is 9.97 Å². The van der Waals surface area contributed by atoms with Crippen molar-refractivity contribution >= 4 is 0 Å². The molecule has 1 aromatic heterocycles. The maximum absolute atomic E-state index is 12.2. The molecule has 1 aromatic rings. The van der Waals surface area contributed by atoms with Gasteiger partial charge in [-0.25, -0.2) is 4.98 Å². The first-order valence-electron chi connectivity index (χ1n) is 2.39. The fraction of sp³-hybridized carbons (Fsp3) is 0.200. The average molecular weight is 125 g/mol. The van der Waals surface area contributed by atoms with Gasteiger partial charge in [-0.1, -0.05) is 0 Å². The van der Waals surface area contributed by atoms with E-state index in [9.17, 15) is 4.39 Å². The number of nitrogens with one attached hydrogen (secondary N) is 1. The highest BCUT2D eigenvalue weighted by Gasteiger charge is 2.00. The maximum Gasteiger partial charge on any atom is 0.234 e. The molecule has 0 aliphatic heterocycles. The van der Waals surface area contributed by atoms with E-state index < -0.39 is 5.95 Å². The van der Waals surface area contributed by atoms with Gasteiger partial charge in [-0.05, 0) is 0 Å². The molecule has 3 nitrogen and oxygen atoms in total. The first kappa shape index (κ1) is 5.76. The second-order valence-corrected chi connectivity index (χ2v) is 1.51. The largest absolute Gasteiger partial charge is 0.345 e. The fourth-order valence-electron chi connectivity index (χ4n) is 0.507. The van der Waals surface area contributed by atoms with Crippen LogP contribution in [0.25, 0.3) is 0 Å². The summed E-state index contributed by atoms with van der Waals surface area (Å²) in [4.78, 5) is 5.76. The minimum absolute atomic E-state index is 0.0475. The Hall–Kier alpha value is -1.37. The Bertz CT molecular complexity index is 235. The van der Waals surface area contributed by atoms with Crippen molar-refractivity contribution in [3.8, 4) is 6.07 Å². The highest BCUT2D eigenvalue weighted by Crippen LogP contribution is 1.98. The number of nitrogens with zero attached hydrogens (tertiary/aromatic N) is 2. The van der Waals surface area contributed by atoms with E-state index in [1.807, 2.05) is 0 Å². The summed E-state index contributed by atoms with van der Waals surface area (Å²) in [6, 6.07) is 1.80. The first-order valence-corrected chi connectivity index (χ1v) is 2.39. The molecule has 0 aliphatic carbocycles. The number of nitriles is 1. The molecular formula is C5H4FN3. The Morgan fingerprint density at radius 3 is 3.11 bits per heavy atom. The lowest BCUT2D eigenvalue weighted by molar-refractivity contribution is 0.578. The van der Waals surface area contributed by atoms with Crippen molar-refractivity contribution in [3.05, 3.63) is 18.0 Å². The summed E-state index contributed by atoms with van der Waals surface area (Å²) in [6.07, 6.45) is 1.27. The Morgan fingerprint density at radius 1 is 1.89 bits per heavy atom. The molecule has 0 unspecified atom stereocenters. The van der Waals surface area contributed by atoms with Crippen LogP contribution in [0.5, 0.6) is 0 Å². The van der Waals surface area contributed by atoms with Gasteiger partial charge in [-0.3, -0.25) is 0 Å². The number of H-pyrrole nitrogens is 1. The molecule has 1 rings (SSSR count). The lowest BCUT2D eigenvalue weighted by Gasteiger charge is -1.81. The second kappa shape index (κ2) is 2.27. The van der Waals surface area contributed by atoms with E-state index in [1.54, 1.807) is 6.07 Å². The molecule has 0 saturated carbocycles. The minimum Gasteiger partial charge on any atom is -0.345 e. The van der Waals surface area contributed by atoms with Crippen molar-refractivity contribution in [2.24, 2.45) is 0 Å². The standard InChI is InChI=1S/C5H4FN3/c6-5-4(1-2-7)8-3-9-5/h3H,1H2,(H,8,9). The minimum atomic E-state index is -0.587. The third-order valence-electron chi connectivity index (χ3n) is 0.922. The Balaban J connectivity index is 2.84. The van der Waals surface area contributed by atoms with Crippen molar-refractivity contribution in [3.63, 3.8) is 0 Å². The molecular weight excluding hydrogens is 121 g/mol. The van der Waals surface area contributed by atoms with Gasteiger partial charge in [-0.15, -0.1) is 0 Å². The molecule has 1 N–H and O–H groups in total. The van der Waals surface area contributed by atoms with Crippen LogP contribution >= 0.6 is 0 Å². The summed E-state index contributed by atoms with van der Waals surface area (Å²) in [5.74, 6) is -0.587. The molecule has 0 bridgehead atoms. The zero-order valence-corrected chi connectivity index (χ0v) is 4.56. The van der Waals surface area contributed by atoms with Crippen LogP contribution in [0.4, 0.5) is 4.39 Å². The van der Waals surface area contributed by atoms with Crippen LogP contribution in [0.1, 0.15) is 5.69 Å². The summed E-state index contributed by atoms with van der Waals surface area (Å²) < 4.78 is 12.2. The molecule has 0 fully saturated rings. The van der Waals surface area contributed by atoms with Crippen molar-refractivity contribution in [2.45, 2.75) is 6.42 Å². The van der Waals surface area contributed by atoms with Gasteiger partial charge in [0.1, 0.15) is 0 Å². The number of imidazole rings is 1. The maximum atomic E-state index is 12.2. The third-order valence-corrected chi connectivity index (χ3v) is 0.922. The molecule has 0 aliphatic rings. The molecule has 0 spiro atoms. The molecule has 0 atom stereocenters. The van der Waals surface area contributed by atoms with Gasteiger partial charge < -0.3 is 4.98 Å². The van der Waals surface area contributed by atoms with E-state index in [-0.39, 0.29) is 12.1 Å². The van der Waals surface area contributed by atoms with Crippen LogP contribution in [-0.4, -0.2) is 9.97 Å². The van der Waals surface area contributed by atoms with E-state index in [0.717, 1.165) is 0 Å². The van der Waals surface area contributed by atoms with E-state index in [0.29, 0.717) is 0 Å². The van der Waals surface area contributed by atoms with Gasteiger partial charge in [0.15, 0.2) is 0 Å². The number of hydrogen-bond acceptors (Lipinski definition) is 2. The van der Waals surface area contributed by atoms with E-state index >= 15 is 0 Å². The summed E-state index contributed by atoms with van der Waals surface area (Å²) >= 11 is 0. The molecule has 0 radical (unpaired) electrons. The van der Waals surface area contributed by atoms with Gasteiger partial charge in [-0.2, -0.15) is 9.65 Å². The summed E-state index contributed by atoms with van der Waals surface area (Å²) in [5.41, 5.74) is 0.248. The number of rotatable bonds is 1. The summed E-state index contributed by atoms with van der Waals surface area (Å²) in [7, 11) is 0. The van der Waals surface area contributed by atoms with Crippen molar-refractivity contribution in [1.82, 2.24) is 9.97 Å². The predicted octanol–water partition coefficient (Wildman–Crippen LogP) is 0.615. The zero-order chi connectivity index (χ0) is 6.69. The molecule has 0 amide bonds. The highest BCUT2D eigenvalue weighted by molar-refractivity contribution is 5.03. The average Bonchev–Trinajstić information content (AvgIpc) is 2.18. The third kappa shape index (κ3) is 1.05. The first-order chi connectivity index (χ1) is 4.34. The van der Waals surface area contributed by atoms with Crippen LogP contribution in [-0.2, 0) is 6.42 Å². The van der Waals surface area contributed by atoms with Crippen LogP contribution in [0.2, 0.25) is 0 Å². The Kier molecular flexibility index (Phi) is 1.45. The predicted molar refractivity (Wildman–Crippen MR) is 27.9 cm³/mol. The molecule has 1 heterocycles. The Labute approximate surface area is 51.1 Å². The molecule has 46 valence electrons. The van der Waals surface area contributed by atoms with Crippen molar-refractivity contribution in [1.29, 1.82) is 5.26 Å².